The van der Waals surface area contributed by atoms with Crippen LogP contribution in [0.3, 0.4) is 0 Å². The van der Waals surface area contributed by atoms with Crippen LogP contribution in [0, 0.1) is 0 Å². The number of halogens is 2. The van der Waals surface area contributed by atoms with Gasteiger partial charge in [0.05, 0.1) is 0 Å². The van der Waals surface area contributed by atoms with Crippen LogP contribution >= 0.6 is 31.9 Å². The van der Waals surface area contributed by atoms with Crippen molar-refractivity contribution in [2.24, 2.45) is 5.11 Å². The van der Waals surface area contributed by atoms with Gasteiger partial charge in [0.25, 0.3) is 0 Å². The summed E-state index contributed by atoms with van der Waals surface area (Å²) in [6.45, 7) is -1.99. The Labute approximate surface area is 161 Å². The van der Waals surface area contributed by atoms with Gasteiger partial charge in [0.2, 0.25) is 5.69 Å². The monoisotopic (exact) mass is 456 g/mol. The molecule has 2 aliphatic rings. The summed E-state index contributed by atoms with van der Waals surface area (Å²) in [6, 6.07) is 21.7. The molecule has 3 aromatic rings. The molecule has 0 spiro atoms. The molecule has 2 heterocycles. The molecule has 0 saturated carbocycles. The third-order valence-corrected chi connectivity index (χ3v) is 5.41. The Morgan fingerprint density at radius 2 is 1.48 bits per heavy atom. The summed E-state index contributed by atoms with van der Waals surface area (Å²) in [5.41, 5.74) is 2.60. The molecular weight excluding hydrogens is 447 g/mol. The van der Waals surface area contributed by atoms with Crippen molar-refractivity contribution >= 4 is 55.4 Å². The van der Waals surface area contributed by atoms with Gasteiger partial charge in [-0.05, 0) is 40.9 Å². The zero-order valence-electron chi connectivity index (χ0n) is 12.9. The minimum atomic E-state index is -1.99. The fourth-order valence-corrected chi connectivity index (χ4v) is 3.99. The zero-order valence-corrected chi connectivity index (χ0v) is 16.1. The van der Waals surface area contributed by atoms with E-state index < -0.39 is 6.69 Å². The van der Waals surface area contributed by atoms with Crippen molar-refractivity contribution in [3.63, 3.8) is 0 Å². The number of hydrogen-bond donors (Lipinski definition) is 0. The van der Waals surface area contributed by atoms with Crippen LogP contribution in [0.4, 0.5) is 11.4 Å². The average Bonchev–Trinajstić information content (AvgIpc) is 2.93. The van der Waals surface area contributed by atoms with Crippen molar-refractivity contribution in [2.75, 3.05) is 0 Å². The fraction of sp³-hybridized carbons (Fsp3) is 0. The summed E-state index contributed by atoms with van der Waals surface area (Å²) in [6.07, 6.45) is 0. The molecule has 0 bridgehead atoms. The van der Waals surface area contributed by atoms with Gasteiger partial charge in [0, 0.05) is 15.0 Å². The minimum absolute atomic E-state index is 0.696. The van der Waals surface area contributed by atoms with Gasteiger partial charge in [-0.25, -0.2) is 4.61 Å². The average molecular weight is 458 g/mol. The van der Waals surface area contributed by atoms with E-state index in [1.807, 2.05) is 71.3 Å². The maximum absolute atomic E-state index is 6.46. The highest BCUT2D eigenvalue weighted by Crippen LogP contribution is 2.46. The maximum atomic E-state index is 6.46. The Morgan fingerprint density at radius 1 is 0.800 bits per heavy atom. The van der Waals surface area contributed by atoms with E-state index in [1.165, 1.54) is 0 Å². The molecule has 0 amide bonds. The lowest BCUT2D eigenvalue weighted by Gasteiger charge is -2.33. The predicted molar refractivity (Wildman–Crippen MR) is 103 cm³/mol. The molecule has 5 rings (SSSR count). The van der Waals surface area contributed by atoms with E-state index in [-0.39, 0.29) is 0 Å². The van der Waals surface area contributed by atoms with Crippen molar-refractivity contribution in [1.82, 2.24) is 0 Å². The van der Waals surface area contributed by atoms with Crippen molar-refractivity contribution in [2.45, 2.75) is 0 Å². The molecule has 0 aromatic heterocycles. The van der Waals surface area contributed by atoms with Crippen molar-refractivity contribution in [3.8, 4) is 11.5 Å². The van der Waals surface area contributed by atoms with Crippen molar-refractivity contribution < 1.29 is 13.9 Å². The Kier molecular flexibility index (Phi) is 3.30. The van der Waals surface area contributed by atoms with E-state index in [0.29, 0.717) is 5.75 Å². The standard InChI is InChI=1S/C18H11BBr2N2O2/c20-13-6-8-15-17(10-13)24-19(12-4-2-1-3-5-12)23(22-15)16-9-7-14(21)11-18(16)25-19/h1-11H. The van der Waals surface area contributed by atoms with Gasteiger partial charge < -0.3 is 9.31 Å². The smallest absolute Gasteiger partial charge is 0.616 e. The lowest BCUT2D eigenvalue weighted by molar-refractivity contribution is -0.394. The van der Waals surface area contributed by atoms with Gasteiger partial charge in [-0.3, -0.25) is 0 Å². The lowest BCUT2D eigenvalue weighted by Crippen LogP contribution is -2.64. The van der Waals surface area contributed by atoms with Crippen LogP contribution in [0.15, 0.2) is 80.8 Å². The van der Waals surface area contributed by atoms with Crippen LogP contribution in [-0.4, -0.2) is 11.3 Å². The zero-order chi connectivity index (χ0) is 17.0. The Bertz CT molecular complexity index is 1030. The van der Waals surface area contributed by atoms with Gasteiger partial charge in [0.1, 0.15) is 11.5 Å². The summed E-state index contributed by atoms with van der Waals surface area (Å²) in [5.74, 6) is 1.44. The number of fused-ring (bicyclic) bond motifs is 4. The molecule has 0 aliphatic carbocycles. The summed E-state index contributed by atoms with van der Waals surface area (Å²) in [4.78, 5) is 0. The van der Waals surface area contributed by atoms with E-state index in [4.69, 9.17) is 14.4 Å². The Morgan fingerprint density at radius 3 is 2.28 bits per heavy atom. The van der Waals surface area contributed by atoms with Gasteiger partial charge in [-0.1, -0.05) is 62.2 Å². The maximum Gasteiger partial charge on any atom is 0.709 e. The van der Waals surface area contributed by atoms with Gasteiger partial charge >= 0.3 is 6.69 Å². The number of benzene rings is 3. The van der Waals surface area contributed by atoms with Crippen LogP contribution in [0.25, 0.3) is 0 Å². The number of nitrogens with zero attached hydrogens (tertiary/aromatic N) is 2. The molecule has 1 atom stereocenters. The molecule has 0 N–H and O–H groups in total. The lowest BCUT2D eigenvalue weighted by atomic mass is 9.63. The van der Waals surface area contributed by atoms with Crippen molar-refractivity contribution in [1.29, 1.82) is 0 Å². The first-order valence-corrected chi connectivity index (χ1v) is 9.42. The van der Waals surface area contributed by atoms with Gasteiger partial charge in [-0.2, -0.15) is 0 Å². The first kappa shape index (κ1) is 15.2. The van der Waals surface area contributed by atoms with E-state index in [2.05, 4.69) is 31.9 Å². The molecule has 122 valence electrons. The van der Waals surface area contributed by atoms with Gasteiger partial charge in [0.15, 0.2) is 5.69 Å². The molecule has 4 nitrogen and oxygen atoms in total. The molecular formula is C18H11BBr2N2O2. The second-order valence-electron chi connectivity index (χ2n) is 5.99. The molecule has 7 heteroatoms. The number of azo groups is 1. The highest BCUT2D eigenvalue weighted by molar-refractivity contribution is 9.10. The van der Waals surface area contributed by atoms with Crippen LogP contribution in [-0.2, 0) is 0 Å². The van der Waals surface area contributed by atoms with Crippen molar-refractivity contribution in [3.05, 3.63) is 75.7 Å². The van der Waals surface area contributed by atoms with Crippen LogP contribution in [0.5, 0.6) is 11.5 Å². The summed E-state index contributed by atoms with van der Waals surface area (Å²) in [5, 5.41) is 4.84. The first-order valence-electron chi connectivity index (χ1n) is 7.84. The largest absolute Gasteiger partial charge is 0.709 e. The second kappa shape index (κ2) is 5.44. The number of rotatable bonds is 1. The third-order valence-electron chi connectivity index (χ3n) is 4.42. The molecule has 25 heavy (non-hydrogen) atoms. The highest BCUT2D eigenvalue weighted by atomic mass is 79.9. The first-order chi connectivity index (χ1) is 12.2. The van der Waals surface area contributed by atoms with E-state index in [1.54, 1.807) is 0 Å². The molecule has 3 aromatic carbocycles. The minimum Gasteiger partial charge on any atom is -0.616 e. The normalized spacial score (nSPS) is 19.8. The van der Waals surface area contributed by atoms with E-state index in [0.717, 1.165) is 31.5 Å². The molecule has 0 saturated heterocycles. The Balaban J connectivity index is 1.79. The molecule has 1 unspecified atom stereocenters. The second-order valence-corrected chi connectivity index (χ2v) is 7.82. The van der Waals surface area contributed by atoms with E-state index in [9.17, 15) is 0 Å². The summed E-state index contributed by atoms with van der Waals surface area (Å²) >= 11 is 7.01. The van der Waals surface area contributed by atoms with Crippen LogP contribution < -0.4 is 14.8 Å². The Hall–Kier alpha value is -2.12. The summed E-state index contributed by atoms with van der Waals surface area (Å²) in [7, 11) is 0. The summed E-state index contributed by atoms with van der Waals surface area (Å²) < 4.78 is 16.6. The predicted octanol–water partition coefficient (Wildman–Crippen LogP) is 5.27. The molecule has 2 aliphatic heterocycles. The highest BCUT2D eigenvalue weighted by Gasteiger charge is 2.59. The number of hydrogen-bond acceptors (Lipinski definition) is 3. The molecule has 0 radical (unpaired) electrons. The van der Waals surface area contributed by atoms with Crippen LogP contribution in [0.2, 0.25) is 0 Å². The third kappa shape index (κ3) is 2.26. The quantitative estimate of drug-likeness (QED) is 0.466. The fourth-order valence-electron chi connectivity index (χ4n) is 3.31. The van der Waals surface area contributed by atoms with E-state index >= 15 is 0 Å². The van der Waals surface area contributed by atoms with Crippen LogP contribution in [0.1, 0.15) is 0 Å². The topological polar surface area (TPSA) is 33.8 Å². The molecule has 0 fully saturated rings. The van der Waals surface area contributed by atoms with Gasteiger partial charge in [-0.15, -0.1) is 0 Å². The SMILES string of the molecule is Brc1ccc2c(c1)O[B-]1(c3ccccc3)Oc3cc(Br)ccc3[N+]1=N2.